The molecule has 0 aliphatic heterocycles. The van der Waals surface area contributed by atoms with Gasteiger partial charge in [0.15, 0.2) is 0 Å². The highest BCUT2D eigenvalue weighted by Crippen LogP contribution is 2.19. The number of hydrogen-bond donors (Lipinski definition) is 0. The molecule has 1 aromatic carbocycles. The Morgan fingerprint density at radius 2 is 1.50 bits per heavy atom. The van der Waals surface area contributed by atoms with Crippen LogP contribution in [0.25, 0.3) is 0 Å². The molecule has 0 nitrogen and oxygen atoms in total. The van der Waals surface area contributed by atoms with E-state index in [1.807, 2.05) is 0 Å². The minimum Gasteiger partial charge on any atom is -0.317 e. The van der Waals surface area contributed by atoms with Crippen molar-refractivity contribution in [2.45, 2.75) is 6.08 Å². The van der Waals surface area contributed by atoms with E-state index < -0.39 is 13.1 Å². The van der Waals surface area contributed by atoms with Gasteiger partial charge in [0.05, 0.1) is 0 Å². The molecule has 0 radical (unpaired) electrons. The zero-order chi connectivity index (χ0) is 9.19. The summed E-state index contributed by atoms with van der Waals surface area (Å²) in [6.45, 7) is -2.88. The molecule has 64 valence electrons. The lowest BCUT2D eigenvalue weighted by Gasteiger charge is -2.07. The first kappa shape index (κ1) is 9.10. The van der Waals surface area contributed by atoms with Gasteiger partial charge < -0.3 is 4.32 Å². The minimum atomic E-state index is -4.80. The molecule has 1 rings (SSSR count). The Kier molecular flexibility index (Phi) is 2.40. The molecule has 0 aliphatic rings. The fourth-order valence-corrected chi connectivity index (χ4v) is 0.811. The van der Waals surface area contributed by atoms with Crippen molar-refractivity contribution >= 4 is 12.5 Å². The van der Waals surface area contributed by atoms with Gasteiger partial charge in [-0.15, -0.1) is 0 Å². The molecule has 12 heavy (non-hydrogen) atoms. The lowest BCUT2D eigenvalue weighted by molar-refractivity contribution is -0.0558. The minimum absolute atomic E-state index is 0.356. The molecule has 0 saturated heterocycles. The standard InChI is InChI=1S/C7H5BF4/c9-7(10,11)8(12)6-4-2-1-3-5-6/h1-5H. The number of benzene rings is 1. The maximum absolute atomic E-state index is 12.5. The summed E-state index contributed by atoms with van der Waals surface area (Å²) in [5, 5.41) is 0. The van der Waals surface area contributed by atoms with Crippen LogP contribution < -0.4 is 5.46 Å². The Hall–Kier alpha value is -0.995. The van der Waals surface area contributed by atoms with E-state index in [1.54, 1.807) is 0 Å². The third kappa shape index (κ3) is 2.00. The van der Waals surface area contributed by atoms with Crippen molar-refractivity contribution in [2.75, 3.05) is 0 Å². The summed E-state index contributed by atoms with van der Waals surface area (Å²) < 4.78 is 47.8. The van der Waals surface area contributed by atoms with Gasteiger partial charge in [0, 0.05) is 0 Å². The van der Waals surface area contributed by atoms with E-state index in [2.05, 4.69) is 0 Å². The van der Waals surface area contributed by atoms with E-state index in [9.17, 15) is 17.5 Å². The van der Waals surface area contributed by atoms with Crippen LogP contribution in [0.2, 0.25) is 0 Å². The monoisotopic (exact) mass is 176 g/mol. The van der Waals surface area contributed by atoms with Crippen molar-refractivity contribution in [2.24, 2.45) is 0 Å². The molecule has 0 spiro atoms. The van der Waals surface area contributed by atoms with Gasteiger partial charge in [0.1, 0.15) is 0 Å². The summed E-state index contributed by atoms with van der Waals surface area (Å²) in [7, 11) is 0. The average molecular weight is 176 g/mol. The van der Waals surface area contributed by atoms with Crippen LogP contribution in [0.5, 0.6) is 0 Å². The number of rotatable bonds is 1. The lowest BCUT2D eigenvalue weighted by atomic mass is 9.64. The van der Waals surface area contributed by atoms with Crippen LogP contribution in [-0.4, -0.2) is 13.1 Å². The summed E-state index contributed by atoms with van der Waals surface area (Å²) >= 11 is 0. The maximum atomic E-state index is 12.5. The molecular weight excluding hydrogens is 171 g/mol. The van der Waals surface area contributed by atoms with Gasteiger partial charge in [-0.2, -0.15) is 13.2 Å². The van der Waals surface area contributed by atoms with E-state index in [0.29, 0.717) is 0 Å². The summed E-state index contributed by atoms with van der Waals surface area (Å²) in [4.78, 5) is 0. The second kappa shape index (κ2) is 3.17. The lowest BCUT2D eigenvalue weighted by Crippen LogP contribution is -2.40. The summed E-state index contributed by atoms with van der Waals surface area (Å²) in [5.74, 6) is 0. The van der Waals surface area contributed by atoms with Crippen LogP contribution in [-0.2, 0) is 0 Å². The quantitative estimate of drug-likeness (QED) is 0.453. The zero-order valence-electron chi connectivity index (χ0n) is 5.98. The van der Waals surface area contributed by atoms with Gasteiger partial charge in [0.2, 0.25) is 0 Å². The van der Waals surface area contributed by atoms with E-state index in [4.69, 9.17) is 0 Å². The van der Waals surface area contributed by atoms with Crippen LogP contribution in [0, 0.1) is 0 Å². The fraction of sp³-hybridized carbons (Fsp3) is 0.143. The third-order valence-corrected chi connectivity index (χ3v) is 1.38. The van der Waals surface area contributed by atoms with E-state index in [-0.39, 0.29) is 5.46 Å². The molecule has 0 unspecified atom stereocenters. The van der Waals surface area contributed by atoms with Crippen LogP contribution in [0.4, 0.5) is 17.5 Å². The van der Waals surface area contributed by atoms with Crippen LogP contribution >= 0.6 is 0 Å². The molecule has 0 saturated carbocycles. The number of hydrogen-bond acceptors (Lipinski definition) is 0. The van der Waals surface area contributed by atoms with Crippen LogP contribution in [0.15, 0.2) is 30.3 Å². The molecular formula is C7H5BF4. The Balaban J connectivity index is 2.86. The molecule has 0 heterocycles. The van der Waals surface area contributed by atoms with Gasteiger partial charge in [-0.1, -0.05) is 30.3 Å². The molecule has 0 aromatic heterocycles. The van der Waals surface area contributed by atoms with Crippen molar-refractivity contribution in [3.05, 3.63) is 30.3 Å². The number of halogens is 4. The molecule has 1 aromatic rings. The summed E-state index contributed by atoms with van der Waals surface area (Å²) in [6.07, 6.45) is -4.80. The van der Waals surface area contributed by atoms with Gasteiger partial charge in [-0.25, -0.2) is 0 Å². The fourth-order valence-electron chi connectivity index (χ4n) is 0.811. The highest BCUT2D eigenvalue weighted by Gasteiger charge is 2.46. The first-order valence-corrected chi connectivity index (χ1v) is 3.27. The van der Waals surface area contributed by atoms with E-state index in [1.165, 1.54) is 18.2 Å². The molecule has 0 N–H and O–H groups in total. The van der Waals surface area contributed by atoms with E-state index in [0.717, 1.165) is 12.1 Å². The largest absolute Gasteiger partial charge is 0.500 e. The predicted octanol–water partition coefficient (Wildman–Crippen LogP) is 1.96. The molecule has 0 atom stereocenters. The Morgan fingerprint density at radius 1 is 1.00 bits per heavy atom. The van der Waals surface area contributed by atoms with Gasteiger partial charge in [-0.05, 0) is 5.46 Å². The Bertz CT molecular complexity index is 243. The van der Waals surface area contributed by atoms with Crippen LogP contribution in [0.1, 0.15) is 0 Å². The third-order valence-electron chi connectivity index (χ3n) is 1.38. The summed E-state index contributed by atoms with van der Waals surface area (Å²) in [5.41, 5.74) is -0.356. The van der Waals surface area contributed by atoms with Gasteiger partial charge in [-0.3, -0.25) is 0 Å². The SMILES string of the molecule is FB(c1ccccc1)C(F)(F)F. The first-order chi connectivity index (χ1) is 5.52. The highest BCUT2D eigenvalue weighted by atomic mass is 19.4. The Morgan fingerprint density at radius 3 is 1.92 bits per heavy atom. The molecule has 0 aliphatic carbocycles. The van der Waals surface area contributed by atoms with Crippen molar-refractivity contribution < 1.29 is 17.5 Å². The maximum Gasteiger partial charge on any atom is 0.500 e. The average Bonchev–Trinajstić information content (AvgIpc) is 2.03. The molecule has 0 fully saturated rings. The number of alkyl halides is 3. The Labute approximate surface area is 67.3 Å². The highest BCUT2D eigenvalue weighted by molar-refractivity contribution is 6.68. The normalized spacial score (nSPS) is 11.3. The van der Waals surface area contributed by atoms with Crippen molar-refractivity contribution in [3.8, 4) is 0 Å². The first-order valence-electron chi connectivity index (χ1n) is 3.27. The topological polar surface area (TPSA) is 0 Å². The molecule has 5 heteroatoms. The second-order valence-corrected chi connectivity index (χ2v) is 2.31. The summed E-state index contributed by atoms with van der Waals surface area (Å²) in [6, 6.07) is 6.49. The predicted molar refractivity (Wildman–Crippen MR) is 39.0 cm³/mol. The van der Waals surface area contributed by atoms with Gasteiger partial charge in [0.25, 0.3) is 0 Å². The van der Waals surface area contributed by atoms with Gasteiger partial charge >= 0.3 is 13.1 Å². The van der Waals surface area contributed by atoms with E-state index >= 15 is 0 Å². The second-order valence-electron chi connectivity index (χ2n) is 2.31. The smallest absolute Gasteiger partial charge is 0.317 e. The van der Waals surface area contributed by atoms with Crippen LogP contribution in [0.3, 0.4) is 0 Å². The molecule has 0 bridgehead atoms. The van der Waals surface area contributed by atoms with Crippen molar-refractivity contribution in [3.63, 3.8) is 0 Å². The zero-order valence-corrected chi connectivity index (χ0v) is 5.98. The van der Waals surface area contributed by atoms with Crippen molar-refractivity contribution in [1.82, 2.24) is 0 Å². The van der Waals surface area contributed by atoms with Crippen molar-refractivity contribution in [1.29, 1.82) is 0 Å². The molecule has 0 amide bonds.